The van der Waals surface area contributed by atoms with E-state index in [0.717, 1.165) is 22.4 Å². The first-order valence-electron chi connectivity index (χ1n) is 5.93. The third-order valence-corrected chi connectivity index (χ3v) is 3.18. The standard InChI is InChI=1S/C14H20ClNO2/c1-10-8-13(18-4)11(2)7-12(10)9-16(3)14(17)5-6-15/h7-8H,5-6,9H2,1-4H3. The third kappa shape index (κ3) is 3.64. The molecule has 3 nitrogen and oxygen atoms in total. The summed E-state index contributed by atoms with van der Waals surface area (Å²) in [7, 11) is 3.46. The van der Waals surface area contributed by atoms with Crippen molar-refractivity contribution in [1.29, 1.82) is 0 Å². The van der Waals surface area contributed by atoms with Gasteiger partial charge in [0.25, 0.3) is 0 Å². The Labute approximate surface area is 114 Å². The van der Waals surface area contributed by atoms with Gasteiger partial charge in [-0.25, -0.2) is 0 Å². The van der Waals surface area contributed by atoms with Crippen molar-refractivity contribution in [2.75, 3.05) is 20.0 Å². The fourth-order valence-corrected chi connectivity index (χ4v) is 2.02. The Morgan fingerprint density at radius 2 is 2.00 bits per heavy atom. The van der Waals surface area contributed by atoms with Crippen LogP contribution in [0.5, 0.6) is 5.75 Å². The lowest BCUT2D eigenvalue weighted by Gasteiger charge is -2.19. The van der Waals surface area contributed by atoms with Crippen LogP contribution in [0.2, 0.25) is 0 Å². The minimum atomic E-state index is 0.0675. The number of halogens is 1. The van der Waals surface area contributed by atoms with E-state index in [0.29, 0.717) is 18.8 Å². The summed E-state index contributed by atoms with van der Waals surface area (Å²) in [6.07, 6.45) is 0.381. The highest BCUT2D eigenvalue weighted by Crippen LogP contribution is 2.23. The van der Waals surface area contributed by atoms with Crippen LogP contribution in [0, 0.1) is 13.8 Å². The minimum absolute atomic E-state index is 0.0675. The molecule has 0 aromatic heterocycles. The molecule has 0 aliphatic carbocycles. The molecular weight excluding hydrogens is 250 g/mol. The van der Waals surface area contributed by atoms with Crippen molar-refractivity contribution in [3.63, 3.8) is 0 Å². The van der Waals surface area contributed by atoms with Crippen molar-refractivity contribution in [3.05, 3.63) is 28.8 Å². The summed E-state index contributed by atoms with van der Waals surface area (Å²) in [5, 5.41) is 0. The smallest absolute Gasteiger partial charge is 0.223 e. The number of amides is 1. The van der Waals surface area contributed by atoms with Gasteiger partial charge in [-0.15, -0.1) is 11.6 Å². The lowest BCUT2D eigenvalue weighted by molar-refractivity contribution is -0.129. The number of carbonyl (C=O) groups excluding carboxylic acids is 1. The van der Waals surface area contributed by atoms with Crippen molar-refractivity contribution in [3.8, 4) is 5.75 Å². The maximum atomic E-state index is 11.7. The Hall–Kier alpha value is -1.22. The van der Waals surface area contributed by atoms with Gasteiger partial charge >= 0.3 is 0 Å². The number of hydrogen-bond donors (Lipinski definition) is 0. The number of nitrogens with zero attached hydrogens (tertiary/aromatic N) is 1. The zero-order chi connectivity index (χ0) is 13.7. The number of rotatable bonds is 5. The summed E-state index contributed by atoms with van der Waals surface area (Å²) in [6.45, 7) is 4.63. The molecule has 0 spiro atoms. The highest BCUT2D eigenvalue weighted by molar-refractivity contribution is 6.18. The number of methoxy groups -OCH3 is 1. The van der Waals surface area contributed by atoms with Gasteiger partial charge in [-0.2, -0.15) is 0 Å². The summed E-state index contributed by atoms with van der Waals surface area (Å²) in [6, 6.07) is 4.07. The van der Waals surface area contributed by atoms with Crippen molar-refractivity contribution in [1.82, 2.24) is 4.90 Å². The predicted molar refractivity (Wildman–Crippen MR) is 74.3 cm³/mol. The molecule has 0 bridgehead atoms. The maximum Gasteiger partial charge on any atom is 0.223 e. The summed E-state index contributed by atoms with van der Waals surface area (Å²) in [5.74, 6) is 1.31. The summed E-state index contributed by atoms with van der Waals surface area (Å²) < 4.78 is 5.27. The first-order valence-corrected chi connectivity index (χ1v) is 6.47. The van der Waals surface area contributed by atoms with Gasteiger partial charge in [0.05, 0.1) is 7.11 Å². The number of ether oxygens (including phenoxy) is 1. The van der Waals surface area contributed by atoms with Gasteiger partial charge in [0.1, 0.15) is 5.75 Å². The van der Waals surface area contributed by atoms with E-state index in [9.17, 15) is 4.79 Å². The van der Waals surface area contributed by atoms with Gasteiger partial charge in [-0.1, -0.05) is 6.07 Å². The third-order valence-electron chi connectivity index (χ3n) is 3.00. The Morgan fingerprint density at radius 1 is 1.33 bits per heavy atom. The van der Waals surface area contributed by atoms with Gasteiger partial charge in [0.2, 0.25) is 5.91 Å². The van der Waals surface area contributed by atoms with E-state index < -0.39 is 0 Å². The zero-order valence-corrected chi connectivity index (χ0v) is 12.2. The second-order valence-corrected chi connectivity index (χ2v) is 4.82. The fraction of sp³-hybridized carbons (Fsp3) is 0.500. The van der Waals surface area contributed by atoms with Gasteiger partial charge in [-0.05, 0) is 36.6 Å². The molecule has 0 N–H and O–H groups in total. The van der Waals surface area contributed by atoms with E-state index in [2.05, 4.69) is 6.07 Å². The Balaban J connectivity index is 2.85. The SMILES string of the molecule is COc1cc(C)c(CN(C)C(=O)CCCl)cc1C. The monoisotopic (exact) mass is 269 g/mol. The number of aryl methyl sites for hydroxylation is 2. The minimum Gasteiger partial charge on any atom is -0.496 e. The Kier molecular flexibility index (Phi) is 5.48. The number of benzene rings is 1. The molecule has 1 aromatic carbocycles. The molecule has 0 heterocycles. The molecule has 4 heteroatoms. The van der Waals surface area contributed by atoms with Gasteiger partial charge in [-0.3, -0.25) is 4.79 Å². The normalized spacial score (nSPS) is 10.3. The van der Waals surface area contributed by atoms with Crippen LogP contribution in [-0.2, 0) is 11.3 Å². The van der Waals surface area contributed by atoms with Crippen LogP contribution >= 0.6 is 11.6 Å². The van der Waals surface area contributed by atoms with Crippen molar-refractivity contribution < 1.29 is 9.53 Å². The van der Waals surface area contributed by atoms with Crippen LogP contribution in [0.15, 0.2) is 12.1 Å². The largest absolute Gasteiger partial charge is 0.496 e. The molecule has 18 heavy (non-hydrogen) atoms. The van der Waals surface area contributed by atoms with Gasteiger partial charge in [0.15, 0.2) is 0 Å². The zero-order valence-electron chi connectivity index (χ0n) is 11.4. The molecule has 0 aliphatic heterocycles. The van der Waals surface area contributed by atoms with Gasteiger partial charge < -0.3 is 9.64 Å². The molecule has 1 rings (SSSR count). The lowest BCUT2D eigenvalue weighted by Crippen LogP contribution is -2.26. The van der Waals surface area contributed by atoms with E-state index >= 15 is 0 Å². The number of carbonyl (C=O) groups is 1. The highest BCUT2D eigenvalue weighted by Gasteiger charge is 2.11. The molecule has 100 valence electrons. The number of hydrogen-bond acceptors (Lipinski definition) is 2. The molecule has 0 saturated carbocycles. The molecular formula is C14H20ClNO2. The molecule has 0 atom stereocenters. The van der Waals surface area contributed by atoms with E-state index in [-0.39, 0.29) is 5.91 Å². The Morgan fingerprint density at radius 3 is 2.56 bits per heavy atom. The van der Waals surface area contributed by atoms with Crippen LogP contribution in [0.1, 0.15) is 23.1 Å². The van der Waals surface area contributed by atoms with E-state index in [1.54, 1.807) is 19.1 Å². The molecule has 0 saturated heterocycles. The second kappa shape index (κ2) is 6.64. The summed E-state index contributed by atoms with van der Waals surface area (Å²) in [5.41, 5.74) is 3.35. The average molecular weight is 270 g/mol. The van der Waals surface area contributed by atoms with Crippen molar-refractivity contribution in [2.24, 2.45) is 0 Å². The van der Waals surface area contributed by atoms with Crippen LogP contribution < -0.4 is 4.74 Å². The first kappa shape index (κ1) is 14.8. The topological polar surface area (TPSA) is 29.5 Å². The maximum absolute atomic E-state index is 11.7. The second-order valence-electron chi connectivity index (χ2n) is 4.44. The van der Waals surface area contributed by atoms with Crippen LogP contribution in [0.4, 0.5) is 0 Å². The lowest BCUT2D eigenvalue weighted by atomic mass is 10.0. The van der Waals surface area contributed by atoms with Crippen LogP contribution in [-0.4, -0.2) is 30.8 Å². The molecule has 1 amide bonds. The number of alkyl halides is 1. The molecule has 0 fully saturated rings. The quantitative estimate of drug-likeness (QED) is 0.770. The van der Waals surface area contributed by atoms with E-state index in [1.807, 2.05) is 19.9 Å². The summed E-state index contributed by atoms with van der Waals surface area (Å²) >= 11 is 5.58. The fourth-order valence-electron chi connectivity index (χ4n) is 1.86. The van der Waals surface area contributed by atoms with Crippen molar-refractivity contribution in [2.45, 2.75) is 26.8 Å². The molecule has 0 radical (unpaired) electrons. The molecule has 1 aromatic rings. The summed E-state index contributed by atoms with van der Waals surface area (Å²) in [4.78, 5) is 13.4. The molecule has 0 aliphatic rings. The van der Waals surface area contributed by atoms with E-state index in [4.69, 9.17) is 16.3 Å². The predicted octanol–water partition coefficient (Wildman–Crippen LogP) is 2.90. The Bertz CT molecular complexity index is 432. The van der Waals surface area contributed by atoms with Gasteiger partial charge in [0, 0.05) is 25.9 Å². The van der Waals surface area contributed by atoms with Crippen LogP contribution in [0.3, 0.4) is 0 Å². The first-order chi connectivity index (χ1) is 8.49. The van der Waals surface area contributed by atoms with E-state index in [1.165, 1.54) is 0 Å². The molecule has 0 unspecified atom stereocenters. The van der Waals surface area contributed by atoms with Crippen molar-refractivity contribution >= 4 is 17.5 Å². The average Bonchev–Trinajstić information content (AvgIpc) is 2.33. The van der Waals surface area contributed by atoms with Crippen LogP contribution in [0.25, 0.3) is 0 Å². The highest BCUT2D eigenvalue weighted by atomic mass is 35.5.